The third kappa shape index (κ3) is 2.42. The van der Waals surface area contributed by atoms with E-state index in [1.165, 1.54) is 0 Å². The summed E-state index contributed by atoms with van der Waals surface area (Å²) in [6.07, 6.45) is 6.08. The number of nitrogens with one attached hydrogen (secondary N) is 1. The average Bonchev–Trinajstić information content (AvgIpc) is 2.25. The van der Waals surface area contributed by atoms with Crippen LogP contribution >= 0.6 is 0 Å². The Morgan fingerprint density at radius 2 is 2.47 bits per heavy atom. The van der Waals surface area contributed by atoms with Crippen LogP contribution in [0.2, 0.25) is 0 Å². The Morgan fingerprint density at radius 3 is 3.00 bits per heavy atom. The quantitative estimate of drug-likeness (QED) is 0.446. The van der Waals surface area contributed by atoms with Crippen LogP contribution in [0.25, 0.3) is 0 Å². The molecule has 0 spiro atoms. The smallest absolute Gasteiger partial charge is 0.289 e. The molecule has 0 saturated carbocycles. The zero-order valence-corrected chi connectivity index (χ0v) is 7.60. The number of rotatable bonds is 3. The molecule has 0 aromatic carbocycles. The second-order valence-electron chi connectivity index (χ2n) is 2.52. The minimum absolute atomic E-state index is 0.0967. The lowest BCUT2D eigenvalue weighted by Gasteiger charge is -2.02. The van der Waals surface area contributed by atoms with E-state index in [0.717, 1.165) is 12.3 Å². The number of anilines is 1. The summed E-state index contributed by atoms with van der Waals surface area (Å²) in [7, 11) is 0. The van der Waals surface area contributed by atoms with E-state index < -0.39 is 4.92 Å². The fourth-order valence-electron chi connectivity index (χ4n) is 0.914. The molecule has 0 bridgehead atoms. The molecule has 6 heteroatoms. The van der Waals surface area contributed by atoms with Crippen LogP contribution in [0.4, 0.5) is 11.5 Å². The number of nitrogens with zero attached hydrogens (tertiary/aromatic N) is 3. The van der Waals surface area contributed by atoms with Crippen LogP contribution in [0.15, 0.2) is 12.3 Å². The monoisotopic (exact) mass is 202 g/mol. The van der Waals surface area contributed by atoms with E-state index in [-0.39, 0.29) is 23.6 Å². The van der Waals surface area contributed by atoms with E-state index >= 15 is 0 Å². The van der Waals surface area contributed by atoms with Gasteiger partial charge in [-0.2, -0.15) is 5.26 Å². The minimum Gasteiger partial charge on any atom is -0.358 e. The molecule has 0 saturated heterocycles. The molecule has 0 unspecified atom stereocenters. The van der Waals surface area contributed by atoms with E-state index in [1.54, 1.807) is 6.07 Å². The largest absolute Gasteiger partial charge is 0.358 e. The number of hydrogen-bond acceptors (Lipinski definition) is 5. The summed E-state index contributed by atoms with van der Waals surface area (Å²) in [4.78, 5) is 13.5. The first-order valence-electron chi connectivity index (χ1n) is 3.91. The Kier molecular flexibility index (Phi) is 3.20. The van der Waals surface area contributed by atoms with Gasteiger partial charge < -0.3 is 5.32 Å². The van der Waals surface area contributed by atoms with Gasteiger partial charge in [-0.3, -0.25) is 10.1 Å². The van der Waals surface area contributed by atoms with Gasteiger partial charge in [0.1, 0.15) is 23.6 Å². The molecule has 0 atom stereocenters. The molecule has 0 radical (unpaired) electrons. The van der Waals surface area contributed by atoms with Gasteiger partial charge in [-0.25, -0.2) is 4.98 Å². The maximum absolute atomic E-state index is 10.4. The lowest BCUT2D eigenvalue weighted by Crippen LogP contribution is -2.03. The summed E-state index contributed by atoms with van der Waals surface area (Å²) in [6.45, 7) is 0.208. The zero-order valence-electron chi connectivity index (χ0n) is 7.60. The zero-order chi connectivity index (χ0) is 11.3. The molecule has 0 aliphatic heterocycles. The molecule has 1 aromatic heterocycles. The lowest BCUT2D eigenvalue weighted by atomic mass is 10.2. The van der Waals surface area contributed by atoms with Crippen molar-refractivity contribution >= 4 is 11.5 Å². The predicted octanol–water partition coefficient (Wildman–Crippen LogP) is 0.907. The summed E-state index contributed by atoms with van der Waals surface area (Å²) >= 11 is 0. The van der Waals surface area contributed by atoms with Crippen LogP contribution in [0.5, 0.6) is 0 Å². The normalized spacial score (nSPS) is 8.67. The molecule has 0 aliphatic carbocycles. The number of terminal acetylenes is 1. The van der Waals surface area contributed by atoms with Gasteiger partial charge in [0.05, 0.1) is 11.5 Å². The standard InChI is InChI=1S/C9H6N4O2/c1-2-3-11-9-7(5-10)4-8(6-12-9)13(14)15/h1,4,6H,3H2,(H,11,12). The Labute approximate surface area is 85.7 Å². The van der Waals surface area contributed by atoms with Crippen molar-refractivity contribution in [3.8, 4) is 18.4 Å². The molecule has 15 heavy (non-hydrogen) atoms. The van der Waals surface area contributed by atoms with Crippen molar-refractivity contribution in [2.75, 3.05) is 11.9 Å². The second-order valence-corrected chi connectivity index (χ2v) is 2.52. The predicted molar refractivity (Wildman–Crippen MR) is 52.9 cm³/mol. The topological polar surface area (TPSA) is 91.8 Å². The third-order valence-corrected chi connectivity index (χ3v) is 1.56. The minimum atomic E-state index is -0.612. The summed E-state index contributed by atoms with van der Waals surface area (Å²) < 4.78 is 0. The van der Waals surface area contributed by atoms with Crippen LogP contribution in [-0.4, -0.2) is 16.5 Å². The second kappa shape index (κ2) is 4.58. The van der Waals surface area contributed by atoms with Gasteiger partial charge in [0.15, 0.2) is 0 Å². The fourth-order valence-corrected chi connectivity index (χ4v) is 0.914. The SMILES string of the molecule is C#CCNc1ncc([N+](=O)[O-])cc1C#N. The van der Waals surface area contributed by atoms with E-state index in [9.17, 15) is 10.1 Å². The van der Waals surface area contributed by atoms with Gasteiger partial charge in [0.2, 0.25) is 0 Å². The maximum atomic E-state index is 10.4. The van der Waals surface area contributed by atoms with Crippen molar-refractivity contribution in [1.29, 1.82) is 5.26 Å². The van der Waals surface area contributed by atoms with Gasteiger partial charge in [-0.15, -0.1) is 6.42 Å². The molecular formula is C9H6N4O2. The van der Waals surface area contributed by atoms with Crippen molar-refractivity contribution in [3.63, 3.8) is 0 Å². The molecule has 0 fully saturated rings. The van der Waals surface area contributed by atoms with Gasteiger partial charge in [-0.1, -0.05) is 5.92 Å². The van der Waals surface area contributed by atoms with Crippen molar-refractivity contribution in [3.05, 3.63) is 27.9 Å². The van der Waals surface area contributed by atoms with Crippen molar-refractivity contribution in [2.45, 2.75) is 0 Å². The number of pyridine rings is 1. The summed E-state index contributed by atoms with van der Waals surface area (Å²) in [5.41, 5.74) is -0.128. The average molecular weight is 202 g/mol. The molecule has 1 heterocycles. The number of aromatic nitrogens is 1. The van der Waals surface area contributed by atoms with Crippen LogP contribution in [0.1, 0.15) is 5.56 Å². The van der Waals surface area contributed by atoms with Gasteiger partial charge in [0, 0.05) is 6.07 Å². The molecule has 0 aliphatic rings. The van der Waals surface area contributed by atoms with Crippen molar-refractivity contribution < 1.29 is 4.92 Å². The molecule has 1 rings (SSSR count). The highest BCUT2D eigenvalue weighted by atomic mass is 16.6. The summed E-state index contributed by atoms with van der Waals surface area (Å²) in [5.74, 6) is 2.56. The van der Waals surface area contributed by atoms with Crippen LogP contribution < -0.4 is 5.32 Å². The first-order chi connectivity index (χ1) is 7.19. The van der Waals surface area contributed by atoms with Gasteiger partial charge >= 0.3 is 0 Å². The third-order valence-electron chi connectivity index (χ3n) is 1.56. The van der Waals surface area contributed by atoms with Crippen LogP contribution in [0, 0.1) is 33.8 Å². The van der Waals surface area contributed by atoms with Crippen molar-refractivity contribution in [2.24, 2.45) is 0 Å². The molecule has 6 nitrogen and oxygen atoms in total. The van der Waals surface area contributed by atoms with Crippen LogP contribution in [0.3, 0.4) is 0 Å². The fraction of sp³-hybridized carbons (Fsp3) is 0.111. The maximum Gasteiger partial charge on any atom is 0.289 e. The Hall–Kier alpha value is -2.60. The van der Waals surface area contributed by atoms with E-state index in [0.29, 0.717) is 0 Å². The van der Waals surface area contributed by atoms with Gasteiger partial charge in [0.25, 0.3) is 5.69 Å². The molecule has 1 N–H and O–H groups in total. The number of hydrogen-bond donors (Lipinski definition) is 1. The number of nitriles is 1. The Balaban J connectivity index is 3.06. The van der Waals surface area contributed by atoms with E-state index in [2.05, 4.69) is 16.2 Å². The molecule has 74 valence electrons. The summed E-state index contributed by atoms with van der Waals surface area (Å²) in [6, 6.07) is 2.95. The number of nitro groups is 1. The first-order valence-corrected chi connectivity index (χ1v) is 3.91. The lowest BCUT2D eigenvalue weighted by molar-refractivity contribution is -0.385. The molecule has 1 aromatic rings. The Bertz CT molecular complexity index is 470. The Morgan fingerprint density at radius 1 is 1.73 bits per heavy atom. The van der Waals surface area contributed by atoms with E-state index in [4.69, 9.17) is 11.7 Å². The molecule has 0 amide bonds. The highest BCUT2D eigenvalue weighted by Gasteiger charge is 2.11. The highest BCUT2D eigenvalue weighted by Crippen LogP contribution is 2.17. The van der Waals surface area contributed by atoms with Gasteiger partial charge in [-0.05, 0) is 0 Å². The van der Waals surface area contributed by atoms with E-state index in [1.807, 2.05) is 0 Å². The summed E-state index contributed by atoms with van der Waals surface area (Å²) in [5, 5.41) is 21.8. The molecular weight excluding hydrogens is 196 g/mol. The van der Waals surface area contributed by atoms with Crippen molar-refractivity contribution in [1.82, 2.24) is 4.98 Å². The first kappa shape index (κ1) is 10.5. The van der Waals surface area contributed by atoms with Crippen LogP contribution in [-0.2, 0) is 0 Å². The highest BCUT2D eigenvalue weighted by molar-refractivity contribution is 5.55.